The number of nitrogens with zero attached hydrogens (tertiary/aromatic N) is 1. The number of amides is 1. The fourth-order valence-electron chi connectivity index (χ4n) is 4.07. The van der Waals surface area contributed by atoms with E-state index in [1.54, 1.807) is 6.07 Å². The molecule has 1 aliphatic rings. The van der Waals surface area contributed by atoms with Crippen molar-refractivity contribution in [2.45, 2.75) is 39.2 Å². The molecule has 4 nitrogen and oxygen atoms in total. The number of aryl methyl sites for hydroxylation is 1. The predicted molar refractivity (Wildman–Crippen MR) is 111 cm³/mol. The fourth-order valence-corrected chi connectivity index (χ4v) is 4.07. The average molecular weight is 379 g/mol. The summed E-state index contributed by atoms with van der Waals surface area (Å²) >= 11 is 0. The molecule has 1 saturated heterocycles. The van der Waals surface area contributed by atoms with Gasteiger partial charge < -0.3 is 10.3 Å². The lowest BCUT2D eigenvalue weighted by Crippen LogP contribution is -2.29. The van der Waals surface area contributed by atoms with Gasteiger partial charge in [0, 0.05) is 28.8 Å². The summed E-state index contributed by atoms with van der Waals surface area (Å²) in [6.45, 7) is 5.13. The zero-order chi connectivity index (χ0) is 19.5. The van der Waals surface area contributed by atoms with Crippen LogP contribution in [0.2, 0.25) is 0 Å². The number of hydrogen-bond donors (Lipinski definition) is 2. The van der Waals surface area contributed by atoms with Gasteiger partial charge in [0.2, 0.25) is 5.91 Å². The molecule has 2 heterocycles. The Morgan fingerprint density at radius 2 is 1.96 bits per heavy atom. The minimum absolute atomic E-state index is 0.0941. The highest BCUT2D eigenvalue weighted by atomic mass is 19.1. The van der Waals surface area contributed by atoms with Crippen molar-refractivity contribution in [2.75, 3.05) is 18.4 Å². The summed E-state index contributed by atoms with van der Waals surface area (Å²) in [6, 6.07) is 12.7. The number of aromatic amines is 1. The molecule has 1 aromatic heterocycles. The maximum absolute atomic E-state index is 13.6. The number of H-pyrrole nitrogens is 1. The quantitative estimate of drug-likeness (QED) is 0.670. The summed E-state index contributed by atoms with van der Waals surface area (Å²) < 4.78 is 13.6. The van der Waals surface area contributed by atoms with Gasteiger partial charge in [0.1, 0.15) is 5.82 Å². The van der Waals surface area contributed by atoms with Crippen molar-refractivity contribution < 1.29 is 9.18 Å². The maximum Gasteiger partial charge on any atom is 0.228 e. The highest BCUT2D eigenvalue weighted by Gasteiger charge is 2.14. The van der Waals surface area contributed by atoms with Gasteiger partial charge in [-0.1, -0.05) is 18.6 Å². The smallest absolute Gasteiger partial charge is 0.228 e. The molecule has 4 rings (SSSR count). The summed E-state index contributed by atoms with van der Waals surface area (Å²) in [5.74, 6) is -0.387. The van der Waals surface area contributed by atoms with Crippen LogP contribution in [0.3, 0.4) is 0 Å². The normalized spacial score (nSPS) is 15.1. The number of piperidine rings is 1. The van der Waals surface area contributed by atoms with Gasteiger partial charge in [-0.15, -0.1) is 0 Å². The van der Waals surface area contributed by atoms with Crippen LogP contribution < -0.4 is 5.32 Å². The molecule has 0 saturated carbocycles. The number of likely N-dealkylation sites (tertiary alicyclic amines) is 1. The largest absolute Gasteiger partial charge is 0.358 e. The first-order valence-electron chi connectivity index (χ1n) is 9.96. The number of fused-ring (bicyclic) bond motifs is 1. The Morgan fingerprint density at radius 1 is 1.14 bits per heavy atom. The summed E-state index contributed by atoms with van der Waals surface area (Å²) in [7, 11) is 0. The van der Waals surface area contributed by atoms with E-state index in [1.165, 1.54) is 37.0 Å². The van der Waals surface area contributed by atoms with Crippen molar-refractivity contribution in [2.24, 2.45) is 0 Å². The number of carbonyl (C=O) groups is 1. The first-order valence-corrected chi connectivity index (χ1v) is 9.96. The van der Waals surface area contributed by atoms with E-state index < -0.39 is 0 Å². The van der Waals surface area contributed by atoms with E-state index >= 15 is 0 Å². The second-order valence-electron chi connectivity index (χ2n) is 7.68. The summed E-state index contributed by atoms with van der Waals surface area (Å²) in [4.78, 5) is 18.3. The van der Waals surface area contributed by atoms with E-state index in [0.717, 1.165) is 47.5 Å². The van der Waals surface area contributed by atoms with Crippen molar-refractivity contribution in [3.63, 3.8) is 0 Å². The lowest BCUT2D eigenvalue weighted by atomic mass is 10.1. The van der Waals surface area contributed by atoms with Crippen molar-refractivity contribution in [1.82, 2.24) is 9.88 Å². The molecule has 2 N–H and O–H groups in total. The molecule has 5 heteroatoms. The summed E-state index contributed by atoms with van der Waals surface area (Å²) in [6.07, 6.45) is 4.07. The van der Waals surface area contributed by atoms with E-state index in [9.17, 15) is 9.18 Å². The van der Waals surface area contributed by atoms with Gasteiger partial charge in [-0.3, -0.25) is 9.69 Å². The molecule has 0 aliphatic carbocycles. The van der Waals surface area contributed by atoms with Gasteiger partial charge in [0.15, 0.2) is 0 Å². The number of anilines is 1. The predicted octanol–water partition coefficient (Wildman–Crippen LogP) is 4.78. The van der Waals surface area contributed by atoms with Crippen molar-refractivity contribution in [3.05, 3.63) is 65.1 Å². The van der Waals surface area contributed by atoms with Crippen LogP contribution in [0.25, 0.3) is 10.9 Å². The zero-order valence-electron chi connectivity index (χ0n) is 16.2. The first-order chi connectivity index (χ1) is 13.6. The minimum Gasteiger partial charge on any atom is -0.358 e. The van der Waals surface area contributed by atoms with Crippen LogP contribution in [-0.2, 0) is 17.8 Å². The first kappa shape index (κ1) is 18.7. The van der Waals surface area contributed by atoms with Crippen LogP contribution in [0, 0.1) is 12.7 Å². The average Bonchev–Trinajstić information content (AvgIpc) is 2.98. The molecular formula is C23H26FN3O. The van der Waals surface area contributed by atoms with Gasteiger partial charge in [-0.25, -0.2) is 4.39 Å². The van der Waals surface area contributed by atoms with Crippen LogP contribution in [-0.4, -0.2) is 28.9 Å². The molecule has 0 atom stereocenters. The van der Waals surface area contributed by atoms with Crippen molar-refractivity contribution in [3.8, 4) is 0 Å². The number of nitrogens with one attached hydrogen (secondary N) is 2. The third-order valence-corrected chi connectivity index (χ3v) is 5.48. The molecule has 1 amide bonds. The Bertz CT molecular complexity index is 989. The second kappa shape index (κ2) is 8.15. The van der Waals surface area contributed by atoms with E-state index in [2.05, 4.69) is 21.3 Å². The molecule has 3 aromatic rings. The maximum atomic E-state index is 13.6. The Morgan fingerprint density at radius 3 is 2.79 bits per heavy atom. The van der Waals surface area contributed by atoms with Crippen LogP contribution in [0.15, 0.2) is 42.5 Å². The third-order valence-electron chi connectivity index (χ3n) is 5.48. The van der Waals surface area contributed by atoms with Gasteiger partial charge in [-0.2, -0.15) is 0 Å². The Hall–Kier alpha value is -2.66. The number of halogens is 1. The summed E-state index contributed by atoms with van der Waals surface area (Å²) in [5, 5.41) is 3.77. The zero-order valence-corrected chi connectivity index (χ0v) is 16.2. The van der Waals surface area contributed by atoms with Crippen LogP contribution in [0.1, 0.15) is 36.1 Å². The monoisotopic (exact) mass is 379 g/mol. The molecule has 28 heavy (non-hydrogen) atoms. The second-order valence-corrected chi connectivity index (χ2v) is 7.68. The third kappa shape index (κ3) is 4.25. The van der Waals surface area contributed by atoms with Crippen LogP contribution in [0.5, 0.6) is 0 Å². The molecule has 1 fully saturated rings. The Kier molecular flexibility index (Phi) is 5.44. The minimum atomic E-state index is -0.293. The van der Waals surface area contributed by atoms with E-state index in [4.69, 9.17) is 0 Å². The Balaban J connectivity index is 1.45. The topological polar surface area (TPSA) is 48.1 Å². The number of aromatic nitrogens is 1. The van der Waals surface area contributed by atoms with Gasteiger partial charge in [-0.05, 0) is 74.3 Å². The van der Waals surface area contributed by atoms with Gasteiger partial charge in [0.05, 0.1) is 6.42 Å². The van der Waals surface area contributed by atoms with Crippen molar-refractivity contribution >= 4 is 22.5 Å². The van der Waals surface area contributed by atoms with E-state index in [-0.39, 0.29) is 18.1 Å². The number of benzene rings is 2. The Labute approximate surface area is 164 Å². The molecule has 0 unspecified atom stereocenters. The molecule has 1 aliphatic heterocycles. The standard InChI is InChI=1S/C23H26FN3O/c1-16-20(21-13-18(24)8-9-22(21)25-16)14-23(28)26-19-7-5-6-17(12-19)15-27-10-3-2-4-11-27/h5-9,12-13,25H,2-4,10-11,14-15H2,1H3,(H,26,28). The fraction of sp³-hybridized carbons (Fsp3) is 0.348. The molecule has 0 spiro atoms. The lowest BCUT2D eigenvalue weighted by molar-refractivity contribution is -0.115. The van der Waals surface area contributed by atoms with Crippen LogP contribution >= 0.6 is 0 Å². The molecule has 2 aromatic carbocycles. The van der Waals surface area contributed by atoms with E-state index in [1.807, 2.05) is 25.1 Å². The lowest BCUT2D eigenvalue weighted by Gasteiger charge is -2.26. The number of hydrogen-bond acceptors (Lipinski definition) is 2. The molecule has 0 radical (unpaired) electrons. The molecular weight excluding hydrogens is 353 g/mol. The van der Waals surface area contributed by atoms with Crippen LogP contribution in [0.4, 0.5) is 10.1 Å². The van der Waals surface area contributed by atoms with Gasteiger partial charge >= 0.3 is 0 Å². The highest BCUT2D eigenvalue weighted by Crippen LogP contribution is 2.24. The summed E-state index contributed by atoms with van der Waals surface area (Å²) in [5.41, 5.74) is 4.62. The number of rotatable bonds is 5. The van der Waals surface area contributed by atoms with Crippen molar-refractivity contribution in [1.29, 1.82) is 0 Å². The molecule has 0 bridgehead atoms. The SMILES string of the molecule is Cc1[nH]c2ccc(F)cc2c1CC(=O)Nc1cccc(CN2CCCCC2)c1. The number of carbonyl (C=O) groups excluding carboxylic acids is 1. The van der Waals surface area contributed by atoms with E-state index in [0.29, 0.717) is 0 Å². The van der Waals surface area contributed by atoms with Gasteiger partial charge in [0.25, 0.3) is 0 Å². The highest BCUT2D eigenvalue weighted by molar-refractivity contribution is 5.96. The molecule has 146 valence electrons.